The van der Waals surface area contributed by atoms with Gasteiger partial charge in [-0.15, -0.1) is 0 Å². The van der Waals surface area contributed by atoms with Crippen LogP contribution >= 0.6 is 0 Å². The lowest BCUT2D eigenvalue weighted by Gasteiger charge is -2.24. The minimum Gasteiger partial charge on any atom is -0.347 e. The first-order valence-electron chi connectivity index (χ1n) is 5.76. The van der Waals surface area contributed by atoms with Crippen LogP contribution in [0.25, 0.3) is 0 Å². The van der Waals surface area contributed by atoms with E-state index in [4.69, 9.17) is 0 Å². The van der Waals surface area contributed by atoms with Gasteiger partial charge >= 0.3 is 0 Å². The van der Waals surface area contributed by atoms with E-state index >= 15 is 0 Å². The molecule has 0 heterocycles. The quantitative estimate of drug-likeness (QED) is 0.710. The van der Waals surface area contributed by atoms with Crippen molar-refractivity contribution in [1.29, 1.82) is 0 Å². The van der Waals surface area contributed by atoms with Gasteiger partial charge in [0.2, 0.25) is 5.78 Å². The smallest absolute Gasteiger partial charge is 0.288 e. The number of nitrogens with one attached hydrogen (secondary N) is 1. The van der Waals surface area contributed by atoms with Crippen LogP contribution in [0.3, 0.4) is 0 Å². The van der Waals surface area contributed by atoms with Gasteiger partial charge in [-0.1, -0.05) is 40.0 Å². The van der Waals surface area contributed by atoms with Gasteiger partial charge in [0.25, 0.3) is 5.91 Å². The number of ketones is 1. The average molecular weight is 211 g/mol. The Morgan fingerprint density at radius 3 is 2.07 bits per heavy atom. The number of rotatable bonds is 2. The first-order chi connectivity index (χ1) is 6.91. The molecular weight excluding hydrogens is 190 g/mol. The molecule has 15 heavy (non-hydrogen) atoms. The maximum atomic E-state index is 11.6. The molecule has 1 saturated carbocycles. The van der Waals surface area contributed by atoms with Crippen molar-refractivity contribution in [3.63, 3.8) is 0 Å². The second-order valence-electron chi connectivity index (χ2n) is 5.39. The number of hydrogen-bond acceptors (Lipinski definition) is 2. The van der Waals surface area contributed by atoms with Crippen molar-refractivity contribution in [2.24, 2.45) is 5.41 Å². The van der Waals surface area contributed by atoms with E-state index in [-0.39, 0.29) is 11.8 Å². The molecule has 86 valence electrons. The van der Waals surface area contributed by atoms with Gasteiger partial charge in [0.1, 0.15) is 0 Å². The maximum absolute atomic E-state index is 11.6. The molecule has 0 spiro atoms. The number of carbonyl (C=O) groups is 2. The fraction of sp³-hybridized carbons (Fsp3) is 0.833. The molecule has 1 N–H and O–H groups in total. The van der Waals surface area contributed by atoms with Gasteiger partial charge < -0.3 is 5.32 Å². The van der Waals surface area contributed by atoms with Crippen LogP contribution in [0.2, 0.25) is 0 Å². The molecule has 1 amide bonds. The first-order valence-corrected chi connectivity index (χ1v) is 5.76. The minimum absolute atomic E-state index is 0.220. The summed E-state index contributed by atoms with van der Waals surface area (Å²) < 4.78 is 0. The Kier molecular flexibility index (Phi) is 3.89. The molecule has 0 bridgehead atoms. The SMILES string of the molecule is CC(C)(C)C(=O)C(=O)NC1CCCCC1. The zero-order valence-corrected chi connectivity index (χ0v) is 9.93. The standard InChI is InChI=1S/C12H21NO2/c1-12(2,3)10(14)11(15)13-9-7-5-4-6-8-9/h9H,4-8H2,1-3H3,(H,13,15). The molecule has 3 heteroatoms. The van der Waals surface area contributed by atoms with Crippen molar-refractivity contribution in [1.82, 2.24) is 5.32 Å². The summed E-state index contributed by atoms with van der Waals surface area (Å²) in [5.41, 5.74) is -0.571. The van der Waals surface area contributed by atoms with Crippen LogP contribution in [0.5, 0.6) is 0 Å². The molecule has 0 aromatic carbocycles. The average Bonchev–Trinajstić information content (AvgIpc) is 2.16. The Hall–Kier alpha value is -0.860. The lowest BCUT2D eigenvalue weighted by Crippen LogP contribution is -2.44. The summed E-state index contributed by atoms with van der Waals surface area (Å²) in [5.74, 6) is -0.720. The van der Waals surface area contributed by atoms with E-state index in [2.05, 4.69) is 5.32 Å². The molecule has 1 aliphatic rings. The molecule has 1 rings (SSSR count). The second-order valence-corrected chi connectivity index (χ2v) is 5.39. The Balaban J connectivity index is 2.44. The normalized spacial score (nSPS) is 18.6. The van der Waals surface area contributed by atoms with Crippen LogP contribution < -0.4 is 5.32 Å². The Morgan fingerprint density at radius 2 is 1.60 bits per heavy atom. The number of Topliss-reactive ketones (excluding diaryl/α,β-unsaturated/α-hetero) is 1. The number of amides is 1. The van der Waals surface area contributed by atoms with Crippen LogP contribution in [0.4, 0.5) is 0 Å². The Morgan fingerprint density at radius 1 is 1.07 bits per heavy atom. The summed E-state index contributed by atoms with van der Waals surface area (Å²) in [6.45, 7) is 5.32. The van der Waals surface area contributed by atoms with Crippen LogP contribution in [0.15, 0.2) is 0 Å². The van der Waals surface area contributed by atoms with E-state index in [0.29, 0.717) is 0 Å². The monoisotopic (exact) mass is 211 g/mol. The molecule has 0 radical (unpaired) electrons. The van der Waals surface area contributed by atoms with Gasteiger partial charge in [0.05, 0.1) is 0 Å². The Bertz CT molecular complexity index is 247. The molecule has 0 saturated heterocycles. The van der Waals surface area contributed by atoms with Crippen molar-refractivity contribution in [3.8, 4) is 0 Å². The number of hydrogen-bond donors (Lipinski definition) is 1. The maximum Gasteiger partial charge on any atom is 0.288 e. The van der Waals surface area contributed by atoms with Gasteiger partial charge in [0, 0.05) is 11.5 Å². The third-order valence-corrected chi connectivity index (χ3v) is 2.83. The molecule has 3 nitrogen and oxygen atoms in total. The molecule has 0 aliphatic heterocycles. The van der Waals surface area contributed by atoms with Crippen LogP contribution in [-0.2, 0) is 9.59 Å². The van der Waals surface area contributed by atoms with Gasteiger partial charge in [-0.2, -0.15) is 0 Å². The summed E-state index contributed by atoms with van der Waals surface area (Å²) in [7, 11) is 0. The first kappa shape index (κ1) is 12.2. The van der Waals surface area contributed by atoms with E-state index in [1.54, 1.807) is 20.8 Å². The summed E-state index contributed by atoms with van der Waals surface area (Å²) in [5, 5.41) is 2.84. The van der Waals surface area contributed by atoms with Gasteiger partial charge in [-0.25, -0.2) is 0 Å². The third kappa shape index (κ3) is 3.65. The summed E-state index contributed by atoms with van der Waals surface area (Å²) in [4.78, 5) is 23.2. The molecule has 1 fully saturated rings. The third-order valence-electron chi connectivity index (χ3n) is 2.83. The highest BCUT2D eigenvalue weighted by atomic mass is 16.2. The molecular formula is C12H21NO2. The lowest BCUT2D eigenvalue weighted by atomic mass is 9.89. The minimum atomic E-state index is -0.571. The molecule has 0 aromatic heterocycles. The summed E-state index contributed by atoms with van der Waals surface area (Å²) >= 11 is 0. The van der Waals surface area contributed by atoms with Crippen molar-refractivity contribution >= 4 is 11.7 Å². The number of carbonyl (C=O) groups excluding carboxylic acids is 2. The van der Waals surface area contributed by atoms with E-state index < -0.39 is 11.3 Å². The van der Waals surface area contributed by atoms with Crippen molar-refractivity contribution in [3.05, 3.63) is 0 Å². The van der Waals surface area contributed by atoms with Crippen LogP contribution in [-0.4, -0.2) is 17.7 Å². The van der Waals surface area contributed by atoms with Crippen LogP contribution in [0, 0.1) is 5.41 Å². The fourth-order valence-electron chi connectivity index (χ4n) is 1.84. The predicted octanol–water partition coefficient (Wildman–Crippen LogP) is 2.05. The van der Waals surface area contributed by atoms with Crippen LogP contribution in [0.1, 0.15) is 52.9 Å². The van der Waals surface area contributed by atoms with E-state index in [1.165, 1.54) is 6.42 Å². The van der Waals surface area contributed by atoms with Gasteiger partial charge in [0.15, 0.2) is 0 Å². The molecule has 0 atom stereocenters. The molecule has 1 aliphatic carbocycles. The fourth-order valence-corrected chi connectivity index (χ4v) is 1.84. The molecule has 0 unspecified atom stereocenters. The second kappa shape index (κ2) is 4.77. The van der Waals surface area contributed by atoms with E-state index in [9.17, 15) is 9.59 Å². The van der Waals surface area contributed by atoms with Crippen molar-refractivity contribution < 1.29 is 9.59 Å². The highest BCUT2D eigenvalue weighted by Gasteiger charge is 2.29. The Labute approximate surface area is 91.6 Å². The van der Waals surface area contributed by atoms with Crippen molar-refractivity contribution in [2.45, 2.75) is 58.9 Å². The molecule has 0 aromatic rings. The van der Waals surface area contributed by atoms with E-state index in [1.807, 2.05) is 0 Å². The van der Waals surface area contributed by atoms with Crippen molar-refractivity contribution in [2.75, 3.05) is 0 Å². The van der Waals surface area contributed by atoms with Gasteiger partial charge in [-0.05, 0) is 12.8 Å². The highest BCUT2D eigenvalue weighted by Crippen LogP contribution is 2.19. The zero-order chi connectivity index (χ0) is 11.5. The topological polar surface area (TPSA) is 46.2 Å². The summed E-state index contributed by atoms with van der Waals surface area (Å²) in [6.07, 6.45) is 5.61. The zero-order valence-electron chi connectivity index (χ0n) is 9.93. The van der Waals surface area contributed by atoms with Gasteiger partial charge in [-0.3, -0.25) is 9.59 Å². The van der Waals surface area contributed by atoms with E-state index in [0.717, 1.165) is 25.7 Å². The summed E-state index contributed by atoms with van der Waals surface area (Å²) in [6, 6.07) is 0.220. The lowest BCUT2D eigenvalue weighted by molar-refractivity contribution is -0.142. The predicted molar refractivity (Wildman–Crippen MR) is 59.5 cm³/mol. The largest absolute Gasteiger partial charge is 0.347 e. The highest BCUT2D eigenvalue weighted by molar-refractivity contribution is 6.37.